The van der Waals surface area contributed by atoms with E-state index in [1.165, 1.54) is 26.0 Å². The normalized spacial score (nSPS) is 11.1. The molecule has 2 heterocycles. The van der Waals surface area contributed by atoms with Crippen molar-refractivity contribution in [3.8, 4) is 23.5 Å². The first-order valence-corrected chi connectivity index (χ1v) is 11.8. The van der Waals surface area contributed by atoms with Gasteiger partial charge < -0.3 is 4.90 Å². The van der Waals surface area contributed by atoms with Crippen LogP contribution in [0.2, 0.25) is 0 Å². The van der Waals surface area contributed by atoms with Gasteiger partial charge in [0, 0.05) is 38.6 Å². The Morgan fingerprint density at radius 3 is 1.43 bits per heavy atom. The molecule has 0 fully saturated rings. The molecule has 0 amide bonds. The van der Waals surface area contributed by atoms with Crippen molar-refractivity contribution in [3.63, 3.8) is 0 Å². The third-order valence-corrected chi connectivity index (χ3v) is 2.92. The summed E-state index contributed by atoms with van der Waals surface area (Å²) in [4.78, 5) is 10.4. The third-order valence-electron chi connectivity index (χ3n) is 2.92. The average molecular weight is 637 g/mol. The molecule has 0 unspecified atom stereocenters. The second-order valence-corrected chi connectivity index (χ2v) is 8.52. The maximum absolute atomic E-state index is 12.4. The molecule has 0 bridgehead atoms. The first-order chi connectivity index (χ1) is 16.4. The minimum atomic E-state index is -10.7. The Hall–Kier alpha value is -2.98. The summed E-state index contributed by atoms with van der Waals surface area (Å²) >= 11 is 0. The zero-order chi connectivity index (χ0) is 28.3. The molecule has 2 aromatic heterocycles. The van der Waals surface area contributed by atoms with Crippen LogP contribution in [0.15, 0.2) is 67.0 Å². The Kier molecular flexibility index (Phi) is 18.2. The van der Waals surface area contributed by atoms with Gasteiger partial charge in [0.15, 0.2) is 0 Å². The van der Waals surface area contributed by atoms with E-state index in [0.29, 0.717) is 0 Å². The summed E-state index contributed by atoms with van der Waals surface area (Å²) in [7, 11) is -6.72. The predicted octanol–water partition coefficient (Wildman–Crippen LogP) is 8.27. The number of nitriles is 2. The molecule has 37 heavy (non-hydrogen) atoms. The van der Waals surface area contributed by atoms with Gasteiger partial charge in [-0.1, -0.05) is 12.1 Å². The van der Waals surface area contributed by atoms with Crippen LogP contribution in [-0.4, -0.2) is 29.0 Å². The number of halogens is 7. The van der Waals surface area contributed by atoms with Crippen molar-refractivity contribution in [2.75, 3.05) is 14.1 Å². The Bertz CT molecular complexity index is 1010. The number of hydrogen-bond donors (Lipinski definition) is 0. The minimum absolute atomic E-state index is 0. The van der Waals surface area contributed by atoms with Gasteiger partial charge in [-0.15, -0.1) is 17.7 Å². The van der Waals surface area contributed by atoms with E-state index in [4.69, 9.17) is 10.5 Å². The average Bonchev–Trinajstić information content (AvgIpc) is 2.76. The van der Waals surface area contributed by atoms with E-state index in [2.05, 4.69) is 16.0 Å². The molecule has 0 aliphatic heterocycles. The topological polar surface area (TPSA) is 76.6 Å². The van der Waals surface area contributed by atoms with Crippen LogP contribution in [0.25, 0.3) is 11.4 Å². The van der Waals surface area contributed by atoms with Gasteiger partial charge in [-0.3, -0.25) is 14.4 Å². The van der Waals surface area contributed by atoms with Crippen LogP contribution >= 0.6 is 7.81 Å². The second kappa shape index (κ2) is 17.5. The molecule has 1 aromatic carbocycles. The monoisotopic (exact) mass is 637 g/mol. The fraction of sp³-hybridized carbons (Fsp3) is 0.217. The van der Waals surface area contributed by atoms with E-state index >= 15 is 0 Å². The van der Waals surface area contributed by atoms with Gasteiger partial charge >= 0.3 is 52.5 Å². The third kappa shape index (κ3) is 33.0. The van der Waals surface area contributed by atoms with Gasteiger partial charge in [-0.05, 0) is 38.4 Å². The zero-order valence-electron chi connectivity index (χ0n) is 20.2. The largest absolute Gasteiger partial charge is 2.00 e. The molecule has 0 saturated heterocycles. The van der Waals surface area contributed by atoms with Crippen molar-refractivity contribution in [3.05, 3.63) is 84.4 Å². The molecule has 0 N–H and O–H groups in total. The van der Waals surface area contributed by atoms with E-state index < -0.39 is 7.81 Å². The van der Waals surface area contributed by atoms with Crippen LogP contribution < -0.4 is 0 Å². The Morgan fingerprint density at radius 1 is 0.811 bits per heavy atom. The Morgan fingerprint density at radius 2 is 1.19 bits per heavy atom. The van der Waals surface area contributed by atoms with Gasteiger partial charge in [0.25, 0.3) is 0 Å². The summed E-state index contributed by atoms with van der Waals surface area (Å²) in [5.41, 5.74) is 2.84. The van der Waals surface area contributed by atoms with Gasteiger partial charge in [0.1, 0.15) is 0 Å². The molecule has 0 saturated carbocycles. The van der Waals surface area contributed by atoms with Crippen LogP contribution in [0, 0.1) is 34.5 Å². The number of hydrogen-bond acceptors (Lipinski definition) is 5. The van der Waals surface area contributed by atoms with E-state index in [1.54, 1.807) is 30.6 Å². The molecular weight excluding hydrogens is 611 g/mol. The summed E-state index contributed by atoms with van der Waals surface area (Å²) < 4.78 is 71.6. The van der Waals surface area contributed by atoms with Crippen molar-refractivity contribution >= 4 is 7.81 Å². The van der Waals surface area contributed by atoms with Crippen molar-refractivity contribution in [1.82, 2.24) is 14.9 Å². The van der Waals surface area contributed by atoms with Crippen molar-refractivity contribution < 1.29 is 49.0 Å². The first-order valence-electron chi connectivity index (χ1n) is 9.74. The molecule has 0 radical (unpaired) electrons. The molecule has 0 aliphatic rings. The molecule has 204 valence electrons. The number of nitrogens with zero attached hydrogens (tertiary/aromatic N) is 5. The maximum Gasteiger partial charge on any atom is 2.00 e. The fourth-order valence-electron chi connectivity index (χ4n) is 1.91. The van der Waals surface area contributed by atoms with Gasteiger partial charge in [0.05, 0.1) is 23.5 Å². The molecular formula is C23H25F7N5PRu. The summed E-state index contributed by atoms with van der Waals surface area (Å²) in [6.45, 7) is 3.67. The van der Waals surface area contributed by atoms with E-state index in [0.717, 1.165) is 23.5 Å². The van der Waals surface area contributed by atoms with Gasteiger partial charge in [-0.25, -0.2) is 0 Å². The Labute approximate surface area is 224 Å². The van der Waals surface area contributed by atoms with Crippen LogP contribution in [0.3, 0.4) is 0 Å². The van der Waals surface area contributed by atoms with E-state index in [9.17, 15) is 29.6 Å². The smallest absolute Gasteiger partial charge is 0.255 e. The van der Waals surface area contributed by atoms with Crippen molar-refractivity contribution in [2.45, 2.75) is 20.4 Å². The Balaban J connectivity index is -0.000000429. The molecule has 0 aliphatic carbocycles. The summed E-state index contributed by atoms with van der Waals surface area (Å²) in [6, 6.07) is 22.5. The quantitative estimate of drug-likeness (QED) is 0.125. The molecule has 3 aromatic rings. The standard InChI is InChI=1S/C10H8N2.C9H11FN.2C2H3N.F6P.Ru/c1-3-7-11-9(5-1)10-6-2-4-8-12-10;1-11(2)7-8-3-5-9(10)6-4-8;2*1-2-3;1-7(2,3,4,5)6;/h1-8H;3,5-6H,7H2,1-2H3;2*1H3;;/q;-1;;;-1;+2. The SMILES string of the molecule is CC#N.CC#N.CN(C)Cc1[c-]cc(F)cc1.F[P-](F)(F)(F)(F)F.[Ru+2].c1ccc(-c2ccccn2)nc1. The summed E-state index contributed by atoms with van der Waals surface area (Å²) in [6.07, 6.45) is 3.54. The number of benzene rings is 1. The number of rotatable bonds is 3. The maximum atomic E-state index is 12.4. The summed E-state index contributed by atoms with van der Waals surface area (Å²) in [5, 5.41) is 14.6. The van der Waals surface area contributed by atoms with Crippen LogP contribution in [-0.2, 0) is 26.0 Å². The zero-order valence-corrected chi connectivity index (χ0v) is 22.9. The van der Waals surface area contributed by atoms with Crippen LogP contribution in [0.4, 0.5) is 29.6 Å². The first kappa shape index (κ1) is 38.6. The second-order valence-electron chi connectivity index (χ2n) is 6.61. The fourth-order valence-corrected chi connectivity index (χ4v) is 1.91. The van der Waals surface area contributed by atoms with E-state index in [-0.39, 0.29) is 25.3 Å². The molecule has 0 atom stereocenters. The molecule has 3 rings (SSSR count). The van der Waals surface area contributed by atoms with E-state index in [1.807, 2.05) is 55.4 Å². The van der Waals surface area contributed by atoms with Crippen molar-refractivity contribution in [1.29, 1.82) is 10.5 Å². The van der Waals surface area contributed by atoms with Crippen LogP contribution in [0.1, 0.15) is 19.4 Å². The predicted molar refractivity (Wildman–Crippen MR) is 126 cm³/mol. The van der Waals surface area contributed by atoms with Gasteiger partial charge in [0.2, 0.25) is 0 Å². The van der Waals surface area contributed by atoms with Crippen LogP contribution in [0.5, 0.6) is 0 Å². The molecule has 0 spiro atoms. The summed E-state index contributed by atoms with van der Waals surface area (Å²) in [5.74, 6) is -0.229. The minimum Gasteiger partial charge on any atom is -0.255 e. The number of pyridine rings is 2. The molecule has 5 nitrogen and oxygen atoms in total. The van der Waals surface area contributed by atoms with Gasteiger partial charge in [-0.2, -0.15) is 22.7 Å². The number of aromatic nitrogens is 2. The molecule has 14 heteroatoms. The van der Waals surface area contributed by atoms with Crippen molar-refractivity contribution in [2.24, 2.45) is 0 Å².